The number of amides is 3. The molecule has 0 atom stereocenters. The van der Waals surface area contributed by atoms with Gasteiger partial charge in [0, 0.05) is 23.9 Å². The molecule has 0 spiro atoms. The monoisotopic (exact) mass is 339 g/mol. The van der Waals surface area contributed by atoms with E-state index in [1.165, 1.54) is 6.92 Å². The van der Waals surface area contributed by atoms with Crippen LogP contribution in [0.3, 0.4) is 0 Å². The maximum absolute atomic E-state index is 12.1. The van der Waals surface area contributed by atoms with E-state index in [1.54, 1.807) is 36.4 Å². The van der Waals surface area contributed by atoms with Crippen LogP contribution in [0.25, 0.3) is 0 Å². The lowest BCUT2D eigenvalue weighted by molar-refractivity contribution is -0.115. The second-order valence-electron chi connectivity index (χ2n) is 5.79. The number of benzene rings is 2. The van der Waals surface area contributed by atoms with E-state index < -0.39 is 0 Å². The standard InChI is InChI=1S/C19H21N3O3/c1-12-4-5-15(10-13(12)2)19(25)20-11-18(24)22-17-8-6-16(7-9-17)21-14(3)23/h4-10H,11H2,1-3H3,(H,20,25)(H,21,23)(H,22,24). The fourth-order valence-corrected chi connectivity index (χ4v) is 2.19. The molecule has 0 heterocycles. The van der Waals surface area contributed by atoms with Gasteiger partial charge < -0.3 is 16.0 Å². The molecule has 6 nitrogen and oxygen atoms in total. The maximum atomic E-state index is 12.1. The van der Waals surface area contributed by atoms with Crippen molar-refractivity contribution in [3.05, 3.63) is 59.2 Å². The predicted octanol–water partition coefficient (Wildman–Crippen LogP) is 2.63. The molecule has 0 radical (unpaired) electrons. The fourth-order valence-electron chi connectivity index (χ4n) is 2.19. The van der Waals surface area contributed by atoms with E-state index in [4.69, 9.17) is 0 Å². The molecule has 0 saturated carbocycles. The van der Waals surface area contributed by atoms with Gasteiger partial charge in [-0.15, -0.1) is 0 Å². The summed E-state index contributed by atoms with van der Waals surface area (Å²) < 4.78 is 0. The van der Waals surface area contributed by atoms with Crippen molar-refractivity contribution < 1.29 is 14.4 Å². The van der Waals surface area contributed by atoms with Crippen LogP contribution in [0.5, 0.6) is 0 Å². The van der Waals surface area contributed by atoms with Gasteiger partial charge in [0.15, 0.2) is 0 Å². The zero-order valence-corrected chi connectivity index (χ0v) is 14.5. The number of anilines is 2. The van der Waals surface area contributed by atoms with Crippen LogP contribution < -0.4 is 16.0 Å². The summed E-state index contributed by atoms with van der Waals surface area (Å²) in [5.41, 5.74) is 3.89. The lowest BCUT2D eigenvalue weighted by Crippen LogP contribution is -2.32. The third-order valence-corrected chi connectivity index (χ3v) is 3.67. The van der Waals surface area contributed by atoms with Crippen molar-refractivity contribution >= 4 is 29.1 Å². The lowest BCUT2D eigenvalue weighted by atomic mass is 10.1. The molecule has 2 aromatic carbocycles. The number of hydrogen-bond acceptors (Lipinski definition) is 3. The molecule has 25 heavy (non-hydrogen) atoms. The third kappa shape index (κ3) is 5.46. The molecule has 0 aliphatic carbocycles. The van der Waals surface area contributed by atoms with E-state index in [0.29, 0.717) is 16.9 Å². The highest BCUT2D eigenvalue weighted by Gasteiger charge is 2.09. The summed E-state index contributed by atoms with van der Waals surface area (Å²) in [4.78, 5) is 35.0. The summed E-state index contributed by atoms with van der Waals surface area (Å²) in [5.74, 6) is -0.783. The molecule has 0 aliphatic heterocycles. The van der Waals surface area contributed by atoms with Gasteiger partial charge in [-0.3, -0.25) is 14.4 Å². The summed E-state index contributed by atoms with van der Waals surface area (Å²) in [6.07, 6.45) is 0. The van der Waals surface area contributed by atoms with Gasteiger partial charge >= 0.3 is 0 Å². The predicted molar refractivity (Wildman–Crippen MR) is 97.6 cm³/mol. The Hall–Kier alpha value is -3.15. The molecular weight excluding hydrogens is 318 g/mol. The van der Waals surface area contributed by atoms with Gasteiger partial charge in [-0.05, 0) is 61.4 Å². The van der Waals surface area contributed by atoms with Crippen LogP contribution in [-0.4, -0.2) is 24.3 Å². The summed E-state index contributed by atoms with van der Waals surface area (Å²) in [5, 5.41) is 7.92. The van der Waals surface area contributed by atoms with Gasteiger partial charge in [-0.1, -0.05) is 6.07 Å². The second kappa shape index (κ2) is 8.10. The topological polar surface area (TPSA) is 87.3 Å². The SMILES string of the molecule is CC(=O)Nc1ccc(NC(=O)CNC(=O)c2ccc(C)c(C)c2)cc1. The Morgan fingerprint density at radius 1 is 0.840 bits per heavy atom. The Morgan fingerprint density at radius 2 is 1.44 bits per heavy atom. The molecule has 0 bridgehead atoms. The maximum Gasteiger partial charge on any atom is 0.251 e. The van der Waals surface area contributed by atoms with Crippen molar-refractivity contribution in [3.63, 3.8) is 0 Å². The lowest BCUT2D eigenvalue weighted by Gasteiger charge is -2.09. The Balaban J connectivity index is 1.86. The summed E-state index contributed by atoms with van der Waals surface area (Å²) in [6.45, 7) is 5.21. The first kappa shape index (κ1) is 18.2. The van der Waals surface area contributed by atoms with Crippen molar-refractivity contribution in [1.29, 1.82) is 0 Å². The van der Waals surface area contributed by atoms with Gasteiger partial charge in [-0.25, -0.2) is 0 Å². The normalized spacial score (nSPS) is 10.0. The minimum atomic E-state index is -0.329. The van der Waals surface area contributed by atoms with E-state index in [1.807, 2.05) is 19.9 Å². The van der Waals surface area contributed by atoms with Crippen molar-refractivity contribution in [2.24, 2.45) is 0 Å². The molecule has 3 amide bonds. The second-order valence-corrected chi connectivity index (χ2v) is 5.79. The van der Waals surface area contributed by atoms with Crippen molar-refractivity contribution in [1.82, 2.24) is 5.32 Å². The number of nitrogens with one attached hydrogen (secondary N) is 3. The Bertz CT molecular complexity index is 798. The minimum absolute atomic E-state index is 0.126. The minimum Gasteiger partial charge on any atom is -0.343 e. The number of carbonyl (C=O) groups excluding carboxylic acids is 3. The summed E-state index contributed by atoms with van der Waals surface area (Å²) in [7, 11) is 0. The molecule has 2 aromatic rings. The van der Waals surface area contributed by atoms with E-state index >= 15 is 0 Å². The highest BCUT2D eigenvalue weighted by atomic mass is 16.2. The molecule has 0 aromatic heterocycles. The van der Waals surface area contributed by atoms with Crippen LogP contribution in [-0.2, 0) is 9.59 Å². The number of rotatable bonds is 5. The highest BCUT2D eigenvalue weighted by molar-refractivity contribution is 5.99. The third-order valence-electron chi connectivity index (χ3n) is 3.67. The van der Waals surface area contributed by atoms with Crippen LogP contribution >= 0.6 is 0 Å². The largest absolute Gasteiger partial charge is 0.343 e. The smallest absolute Gasteiger partial charge is 0.251 e. The summed E-state index contributed by atoms with van der Waals surface area (Å²) >= 11 is 0. The van der Waals surface area contributed by atoms with Gasteiger partial charge in [0.2, 0.25) is 11.8 Å². The van der Waals surface area contributed by atoms with E-state index in [0.717, 1.165) is 11.1 Å². The Morgan fingerprint density at radius 3 is 2.00 bits per heavy atom. The average molecular weight is 339 g/mol. The zero-order valence-electron chi connectivity index (χ0n) is 14.5. The number of aryl methyl sites for hydroxylation is 2. The molecule has 6 heteroatoms. The van der Waals surface area contributed by atoms with E-state index in [9.17, 15) is 14.4 Å². The van der Waals surface area contributed by atoms with Crippen LogP contribution in [0.1, 0.15) is 28.4 Å². The summed E-state index contributed by atoms with van der Waals surface area (Å²) in [6, 6.07) is 12.1. The van der Waals surface area contributed by atoms with E-state index in [2.05, 4.69) is 16.0 Å². The molecule has 0 fully saturated rings. The highest BCUT2D eigenvalue weighted by Crippen LogP contribution is 2.13. The van der Waals surface area contributed by atoms with Crippen molar-refractivity contribution in [2.75, 3.05) is 17.2 Å². The fraction of sp³-hybridized carbons (Fsp3) is 0.211. The van der Waals surface area contributed by atoms with Gasteiger partial charge in [-0.2, -0.15) is 0 Å². The molecule has 3 N–H and O–H groups in total. The molecule has 130 valence electrons. The zero-order chi connectivity index (χ0) is 18.4. The number of carbonyl (C=O) groups is 3. The molecule has 0 unspecified atom stereocenters. The van der Waals surface area contributed by atoms with E-state index in [-0.39, 0.29) is 24.3 Å². The Kier molecular flexibility index (Phi) is 5.89. The first-order valence-electron chi connectivity index (χ1n) is 7.88. The van der Waals surface area contributed by atoms with Crippen LogP contribution in [0.15, 0.2) is 42.5 Å². The van der Waals surface area contributed by atoms with Crippen molar-refractivity contribution in [3.8, 4) is 0 Å². The Labute approximate surface area is 146 Å². The molecule has 0 aliphatic rings. The molecule has 2 rings (SSSR count). The van der Waals surface area contributed by atoms with Crippen molar-refractivity contribution in [2.45, 2.75) is 20.8 Å². The van der Waals surface area contributed by atoms with Crippen LogP contribution in [0.2, 0.25) is 0 Å². The van der Waals surface area contributed by atoms with Crippen LogP contribution in [0, 0.1) is 13.8 Å². The first-order valence-corrected chi connectivity index (χ1v) is 7.88. The first-order chi connectivity index (χ1) is 11.8. The van der Waals surface area contributed by atoms with Gasteiger partial charge in [0.1, 0.15) is 0 Å². The quantitative estimate of drug-likeness (QED) is 0.782. The molecule has 0 saturated heterocycles. The van der Waals surface area contributed by atoms with Gasteiger partial charge in [0.25, 0.3) is 5.91 Å². The van der Waals surface area contributed by atoms with Gasteiger partial charge in [0.05, 0.1) is 6.54 Å². The molecular formula is C19H21N3O3. The van der Waals surface area contributed by atoms with Crippen LogP contribution in [0.4, 0.5) is 11.4 Å². The number of hydrogen-bond donors (Lipinski definition) is 3. The average Bonchev–Trinajstić information content (AvgIpc) is 2.56.